The molecule has 130 valence electrons. The fraction of sp³-hybridized carbons (Fsp3) is 0.579. The highest BCUT2D eigenvalue weighted by atomic mass is 16.5. The molecule has 2 unspecified atom stereocenters. The largest absolute Gasteiger partial charge is 0.490 e. The van der Waals surface area contributed by atoms with Crippen LogP contribution in [-0.4, -0.2) is 28.3 Å². The second kappa shape index (κ2) is 7.69. The lowest BCUT2D eigenvalue weighted by molar-refractivity contribution is -0.122. The van der Waals surface area contributed by atoms with Gasteiger partial charge in [-0.15, -0.1) is 0 Å². The minimum atomic E-state index is 0.165. The number of rotatable bonds is 6. The number of unbranched alkanes of at least 4 members (excludes halogenated alkanes) is 1. The summed E-state index contributed by atoms with van der Waals surface area (Å²) in [4.78, 5) is 11.9. The summed E-state index contributed by atoms with van der Waals surface area (Å²) in [7, 11) is 0. The Hall–Kier alpha value is -2.04. The van der Waals surface area contributed by atoms with Crippen LogP contribution >= 0.6 is 0 Å². The van der Waals surface area contributed by atoms with Gasteiger partial charge in [0, 0.05) is 29.8 Å². The minimum Gasteiger partial charge on any atom is -0.490 e. The van der Waals surface area contributed by atoms with Gasteiger partial charge >= 0.3 is 0 Å². The smallest absolute Gasteiger partial charge is 0.220 e. The van der Waals surface area contributed by atoms with E-state index in [0.29, 0.717) is 6.42 Å². The Labute approximate surface area is 143 Å². The highest BCUT2D eigenvalue weighted by Crippen LogP contribution is 2.30. The summed E-state index contributed by atoms with van der Waals surface area (Å²) in [5.74, 6) is 1.10. The second-order valence-corrected chi connectivity index (χ2v) is 6.79. The Kier molecular flexibility index (Phi) is 5.38. The first kappa shape index (κ1) is 16.8. The lowest BCUT2D eigenvalue weighted by Crippen LogP contribution is -2.41. The molecule has 1 aliphatic carbocycles. The first-order chi connectivity index (χ1) is 11.7. The summed E-state index contributed by atoms with van der Waals surface area (Å²) in [5.41, 5.74) is 2.15. The van der Waals surface area contributed by atoms with Crippen LogP contribution in [0.3, 0.4) is 0 Å². The molecule has 1 aromatic heterocycles. The number of ether oxygens (including phenoxy) is 1. The number of nitrogens with one attached hydrogen (secondary N) is 2. The van der Waals surface area contributed by atoms with Gasteiger partial charge in [-0.2, -0.15) is 5.10 Å². The molecule has 5 heteroatoms. The zero-order valence-corrected chi connectivity index (χ0v) is 14.6. The number of hydrogen-bond acceptors (Lipinski definition) is 3. The molecule has 1 amide bonds. The highest BCUT2D eigenvalue weighted by molar-refractivity contribution is 5.83. The lowest BCUT2D eigenvalue weighted by atomic mass is 9.92. The van der Waals surface area contributed by atoms with E-state index in [-0.39, 0.29) is 18.1 Å². The van der Waals surface area contributed by atoms with Gasteiger partial charge in [-0.1, -0.05) is 13.3 Å². The quantitative estimate of drug-likeness (QED) is 0.845. The third kappa shape index (κ3) is 3.89. The second-order valence-electron chi connectivity index (χ2n) is 6.79. The topological polar surface area (TPSA) is 67.0 Å². The predicted octanol–water partition coefficient (Wildman–Crippen LogP) is 3.87. The number of aromatic nitrogens is 2. The van der Waals surface area contributed by atoms with Gasteiger partial charge < -0.3 is 10.1 Å². The van der Waals surface area contributed by atoms with Crippen LogP contribution in [0, 0.1) is 6.92 Å². The summed E-state index contributed by atoms with van der Waals surface area (Å²) >= 11 is 0. The molecule has 1 heterocycles. The number of H-pyrrole nitrogens is 1. The van der Waals surface area contributed by atoms with Crippen molar-refractivity contribution in [3.05, 3.63) is 23.9 Å². The molecule has 0 aliphatic heterocycles. The maximum atomic E-state index is 11.9. The minimum absolute atomic E-state index is 0.165. The van der Waals surface area contributed by atoms with E-state index in [1.54, 1.807) is 0 Å². The molecular formula is C19H27N3O2. The Morgan fingerprint density at radius 3 is 3.12 bits per heavy atom. The van der Waals surface area contributed by atoms with E-state index in [4.69, 9.17) is 4.74 Å². The van der Waals surface area contributed by atoms with Gasteiger partial charge in [0.15, 0.2) is 0 Å². The molecule has 24 heavy (non-hydrogen) atoms. The molecule has 1 aromatic carbocycles. The summed E-state index contributed by atoms with van der Waals surface area (Å²) in [6, 6.07) is 4.27. The molecule has 0 spiro atoms. The van der Waals surface area contributed by atoms with Crippen molar-refractivity contribution in [1.29, 1.82) is 0 Å². The summed E-state index contributed by atoms with van der Waals surface area (Å²) in [6.45, 7) is 4.18. The molecule has 5 nitrogen and oxygen atoms in total. The van der Waals surface area contributed by atoms with Gasteiger partial charge in [-0.25, -0.2) is 0 Å². The number of nitrogens with zero attached hydrogens (tertiary/aromatic N) is 1. The van der Waals surface area contributed by atoms with Crippen LogP contribution in [0.15, 0.2) is 18.3 Å². The number of carbonyl (C=O) groups excluding carboxylic acids is 1. The molecule has 1 saturated carbocycles. The zero-order valence-electron chi connectivity index (χ0n) is 14.6. The van der Waals surface area contributed by atoms with Crippen molar-refractivity contribution in [1.82, 2.24) is 15.5 Å². The van der Waals surface area contributed by atoms with Crippen molar-refractivity contribution < 1.29 is 9.53 Å². The monoisotopic (exact) mass is 329 g/mol. The van der Waals surface area contributed by atoms with Crippen molar-refractivity contribution in [2.45, 2.75) is 70.9 Å². The first-order valence-electron chi connectivity index (χ1n) is 9.06. The van der Waals surface area contributed by atoms with Crippen molar-refractivity contribution in [2.75, 3.05) is 0 Å². The van der Waals surface area contributed by atoms with Gasteiger partial charge in [-0.3, -0.25) is 9.89 Å². The Morgan fingerprint density at radius 1 is 1.42 bits per heavy atom. The molecule has 3 rings (SSSR count). The summed E-state index contributed by atoms with van der Waals surface area (Å²) in [5, 5.41) is 11.4. The van der Waals surface area contributed by atoms with E-state index in [0.717, 1.165) is 60.7 Å². The van der Waals surface area contributed by atoms with Crippen LogP contribution in [0.4, 0.5) is 0 Å². The molecule has 1 fully saturated rings. The number of hydrogen-bond donors (Lipinski definition) is 2. The molecule has 0 saturated heterocycles. The maximum Gasteiger partial charge on any atom is 0.220 e. The van der Waals surface area contributed by atoms with Gasteiger partial charge in [0.2, 0.25) is 5.91 Å². The summed E-state index contributed by atoms with van der Waals surface area (Å²) in [6.07, 6.45) is 8.74. The number of benzene rings is 1. The lowest BCUT2D eigenvalue weighted by Gasteiger charge is -2.30. The normalized spacial score (nSPS) is 20.9. The van der Waals surface area contributed by atoms with Crippen molar-refractivity contribution in [3.8, 4) is 5.75 Å². The van der Waals surface area contributed by atoms with Crippen molar-refractivity contribution in [3.63, 3.8) is 0 Å². The molecule has 1 aliphatic rings. The first-order valence-corrected chi connectivity index (χ1v) is 9.06. The van der Waals surface area contributed by atoms with E-state index < -0.39 is 0 Å². The Bertz CT molecular complexity index is 695. The Morgan fingerprint density at radius 2 is 2.29 bits per heavy atom. The van der Waals surface area contributed by atoms with Crippen molar-refractivity contribution in [2.24, 2.45) is 0 Å². The van der Waals surface area contributed by atoms with Crippen molar-refractivity contribution >= 4 is 16.8 Å². The molecular weight excluding hydrogens is 302 g/mol. The molecule has 2 atom stereocenters. The third-order valence-corrected chi connectivity index (χ3v) is 4.89. The van der Waals surface area contributed by atoms with Crippen LogP contribution in [0.2, 0.25) is 0 Å². The average Bonchev–Trinajstić information content (AvgIpc) is 3.05. The Balaban J connectivity index is 1.60. The molecule has 0 bridgehead atoms. The van der Waals surface area contributed by atoms with Crippen LogP contribution < -0.4 is 10.1 Å². The maximum absolute atomic E-state index is 11.9. The van der Waals surface area contributed by atoms with E-state index in [1.165, 1.54) is 0 Å². The predicted molar refractivity (Wildman–Crippen MR) is 95.2 cm³/mol. The number of fused-ring (bicyclic) bond motifs is 1. The molecule has 2 aromatic rings. The van der Waals surface area contributed by atoms with Gasteiger partial charge in [0.1, 0.15) is 11.9 Å². The van der Waals surface area contributed by atoms with Crippen LogP contribution in [-0.2, 0) is 4.79 Å². The number of aryl methyl sites for hydroxylation is 1. The van der Waals surface area contributed by atoms with Crippen LogP contribution in [0.1, 0.15) is 57.4 Å². The number of carbonyl (C=O) groups is 1. The summed E-state index contributed by atoms with van der Waals surface area (Å²) < 4.78 is 6.26. The number of aromatic amines is 1. The highest BCUT2D eigenvalue weighted by Gasteiger charge is 2.25. The van der Waals surface area contributed by atoms with E-state index in [9.17, 15) is 4.79 Å². The fourth-order valence-electron chi connectivity index (χ4n) is 3.47. The molecule has 0 radical (unpaired) electrons. The van der Waals surface area contributed by atoms with Gasteiger partial charge in [0.25, 0.3) is 0 Å². The average molecular weight is 329 g/mol. The molecule has 2 N–H and O–H groups in total. The van der Waals surface area contributed by atoms with Gasteiger partial charge in [0.05, 0.1) is 11.7 Å². The SMILES string of the molecule is CCCCC(=O)NC1CCCC(Oc2ccc3[nH]ncc3c2C)C1. The van der Waals surface area contributed by atoms with E-state index in [1.807, 2.05) is 18.3 Å². The standard InChI is InChI=1S/C19H27N3O2/c1-3-4-8-19(23)21-14-6-5-7-15(11-14)24-18-10-9-17-16(13(18)2)12-20-22-17/h9-10,12,14-15H,3-8,11H2,1-2H3,(H,20,22)(H,21,23). The van der Waals surface area contributed by atoms with Gasteiger partial charge in [-0.05, 0) is 44.7 Å². The fourth-order valence-corrected chi connectivity index (χ4v) is 3.47. The zero-order chi connectivity index (χ0) is 16.9. The van der Waals surface area contributed by atoms with E-state index >= 15 is 0 Å². The third-order valence-electron chi connectivity index (χ3n) is 4.89. The van der Waals surface area contributed by atoms with Crippen LogP contribution in [0.25, 0.3) is 10.9 Å². The number of amides is 1. The van der Waals surface area contributed by atoms with E-state index in [2.05, 4.69) is 29.4 Å². The van der Waals surface area contributed by atoms with Crippen LogP contribution in [0.5, 0.6) is 5.75 Å².